The Labute approximate surface area is 141 Å². The zero-order valence-electron chi connectivity index (χ0n) is 13.8. The average Bonchev–Trinajstić information content (AvgIpc) is 3.26. The van der Waals surface area contributed by atoms with E-state index < -0.39 is 5.41 Å². The third-order valence-corrected chi connectivity index (χ3v) is 5.17. The van der Waals surface area contributed by atoms with Gasteiger partial charge < -0.3 is 19.7 Å². The maximum Gasteiger partial charge on any atom is 0.240 e. The Balaban J connectivity index is 1.46. The summed E-state index contributed by atoms with van der Waals surface area (Å²) in [6.45, 7) is 3.88. The van der Waals surface area contributed by atoms with Gasteiger partial charge in [-0.25, -0.2) is 0 Å². The molecule has 1 aliphatic carbocycles. The number of benzene rings is 1. The Morgan fingerprint density at radius 1 is 1.25 bits per heavy atom. The van der Waals surface area contributed by atoms with Crippen molar-refractivity contribution in [2.24, 2.45) is 11.3 Å². The maximum absolute atomic E-state index is 12.9. The Morgan fingerprint density at radius 3 is 2.79 bits per heavy atom. The van der Waals surface area contributed by atoms with E-state index in [0.29, 0.717) is 35.9 Å². The fraction of sp³-hybridized carbons (Fsp3) is 0.556. The molecule has 2 amide bonds. The highest BCUT2D eigenvalue weighted by Crippen LogP contribution is 2.49. The zero-order valence-corrected chi connectivity index (χ0v) is 13.8. The van der Waals surface area contributed by atoms with Crippen LogP contribution in [0.5, 0.6) is 11.5 Å². The van der Waals surface area contributed by atoms with Gasteiger partial charge in [-0.1, -0.05) is 6.92 Å². The highest BCUT2D eigenvalue weighted by molar-refractivity contribution is 6.13. The molecule has 6 nitrogen and oxygen atoms in total. The van der Waals surface area contributed by atoms with Crippen LogP contribution in [-0.4, -0.2) is 36.6 Å². The summed E-state index contributed by atoms with van der Waals surface area (Å²) in [6, 6.07) is 5.28. The Kier molecular flexibility index (Phi) is 3.62. The van der Waals surface area contributed by atoms with Crippen molar-refractivity contribution in [3.05, 3.63) is 18.2 Å². The van der Waals surface area contributed by atoms with Crippen LogP contribution < -0.4 is 14.8 Å². The molecule has 6 heteroatoms. The fourth-order valence-corrected chi connectivity index (χ4v) is 3.56. The van der Waals surface area contributed by atoms with Crippen LogP contribution in [0.2, 0.25) is 0 Å². The minimum Gasteiger partial charge on any atom is -0.454 e. The van der Waals surface area contributed by atoms with Gasteiger partial charge in [-0.3, -0.25) is 9.59 Å². The van der Waals surface area contributed by atoms with Gasteiger partial charge in [-0.05, 0) is 43.7 Å². The first kappa shape index (κ1) is 15.3. The summed E-state index contributed by atoms with van der Waals surface area (Å²) in [7, 11) is 0. The highest BCUT2D eigenvalue weighted by Gasteiger charge is 2.58. The van der Waals surface area contributed by atoms with Crippen LogP contribution >= 0.6 is 0 Å². The van der Waals surface area contributed by atoms with Crippen LogP contribution in [0.3, 0.4) is 0 Å². The number of hydrogen-bond donors (Lipinski definition) is 1. The lowest BCUT2D eigenvalue weighted by molar-refractivity contribution is -0.143. The first-order chi connectivity index (χ1) is 11.6. The molecule has 3 aliphatic rings. The van der Waals surface area contributed by atoms with E-state index in [1.807, 2.05) is 4.90 Å². The number of anilines is 1. The third kappa shape index (κ3) is 2.60. The second kappa shape index (κ2) is 5.69. The lowest BCUT2D eigenvalue weighted by Crippen LogP contribution is -2.46. The molecular weight excluding hydrogens is 308 g/mol. The topological polar surface area (TPSA) is 67.9 Å². The van der Waals surface area contributed by atoms with E-state index in [1.54, 1.807) is 18.2 Å². The molecule has 128 valence electrons. The number of carbonyl (C=O) groups excluding carboxylic acids is 2. The number of hydrogen-bond acceptors (Lipinski definition) is 4. The lowest BCUT2D eigenvalue weighted by Gasteiger charge is -2.33. The lowest BCUT2D eigenvalue weighted by atomic mass is 9.96. The molecule has 1 saturated heterocycles. The predicted octanol–water partition coefficient (Wildman–Crippen LogP) is 2.39. The number of piperidine rings is 1. The van der Waals surface area contributed by atoms with Gasteiger partial charge in [-0.15, -0.1) is 0 Å². The van der Waals surface area contributed by atoms with Gasteiger partial charge >= 0.3 is 0 Å². The molecule has 0 bridgehead atoms. The molecule has 0 spiro atoms. The molecule has 0 radical (unpaired) electrons. The summed E-state index contributed by atoms with van der Waals surface area (Å²) in [5.74, 6) is 1.59. The second-order valence-corrected chi connectivity index (χ2v) is 7.10. The molecule has 24 heavy (non-hydrogen) atoms. The standard InChI is InChI=1S/C18H22N2O4/c1-12-3-2-8-20(10-12)17(22)18(6-7-18)16(21)19-13-4-5-14-15(9-13)24-11-23-14/h4-5,9,12H,2-3,6-8,10-11H2,1H3,(H,19,21). The maximum atomic E-state index is 12.9. The van der Waals surface area contributed by atoms with Crippen LogP contribution in [-0.2, 0) is 9.59 Å². The number of likely N-dealkylation sites (tertiary alicyclic amines) is 1. The monoisotopic (exact) mass is 330 g/mol. The van der Waals surface area contributed by atoms with Gasteiger partial charge in [0.15, 0.2) is 11.5 Å². The summed E-state index contributed by atoms with van der Waals surface area (Å²) in [4.78, 5) is 27.5. The molecule has 1 N–H and O–H groups in total. The molecule has 1 aromatic rings. The summed E-state index contributed by atoms with van der Waals surface area (Å²) >= 11 is 0. The molecule has 1 aromatic carbocycles. The van der Waals surface area contributed by atoms with Crippen LogP contribution in [0.15, 0.2) is 18.2 Å². The summed E-state index contributed by atoms with van der Waals surface area (Å²) < 4.78 is 10.6. The van der Waals surface area contributed by atoms with E-state index in [4.69, 9.17) is 9.47 Å². The molecule has 4 rings (SSSR count). The van der Waals surface area contributed by atoms with E-state index in [1.165, 1.54) is 0 Å². The average molecular weight is 330 g/mol. The molecule has 1 saturated carbocycles. The van der Waals surface area contributed by atoms with E-state index in [9.17, 15) is 9.59 Å². The molecular formula is C18H22N2O4. The van der Waals surface area contributed by atoms with Crippen molar-refractivity contribution in [3.63, 3.8) is 0 Å². The molecule has 0 aromatic heterocycles. The number of rotatable bonds is 3. The highest BCUT2D eigenvalue weighted by atomic mass is 16.7. The predicted molar refractivity (Wildman–Crippen MR) is 87.8 cm³/mol. The van der Waals surface area contributed by atoms with Gasteiger partial charge in [0.25, 0.3) is 0 Å². The number of ether oxygens (including phenoxy) is 2. The smallest absolute Gasteiger partial charge is 0.240 e. The minimum atomic E-state index is -0.868. The van der Waals surface area contributed by atoms with Gasteiger partial charge in [0.1, 0.15) is 5.41 Å². The second-order valence-electron chi connectivity index (χ2n) is 7.10. The van der Waals surface area contributed by atoms with Crippen LogP contribution in [0.1, 0.15) is 32.6 Å². The van der Waals surface area contributed by atoms with Gasteiger partial charge in [-0.2, -0.15) is 0 Å². The van der Waals surface area contributed by atoms with Crippen molar-refractivity contribution in [1.29, 1.82) is 0 Å². The first-order valence-corrected chi connectivity index (χ1v) is 8.59. The molecule has 2 aliphatic heterocycles. The summed E-state index contributed by atoms with van der Waals surface area (Å²) in [6.07, 6.45) is 3.44. The van der Waals surface area contributed by atoms with Gasteiger partial charge in [0.05, 0.1) is 0 Å². The third-order valence-electron chi connectivity index (χ3n) is 5.17. The van der Waals surface area contributed by atoms with Gasteiger partial charge in [0.2, 0.25) is 18.6 Å². The molecule has 1 unspecified atom stereocenters. The number of nitrogens with zero attached hydrogens (tertiary/aromatic N) is 1. The number of amides is 2. The van der Waals surface area contributed by atoms with Crippen molar-refractivity contribution < 1.29 is 19.1 Å². The summed E-state index contributed by atoms with van der Waals surface area (Å²) in [5.41, 5.74) is -0.233. The first-order valence-electron chi connectivity index (χ1n) is 8.59. The number of fused-ring (bicyclic) bond motifs is 1. The van der Waals surface area contributed by atoms with Crippen LogP contribution in [0.25, 0.3) is 0 Å². The zero-order chi connectivity index (χ0) is 16.7. The Morgan fingerprint density at radius 2 is 2.04 bits per heavy atom. The van der Waals surface area contributed by atoms with Crippen molar-refractivity contribution in [3.8, 4) is 11.5 Å². The molecule has 2 fully saturated rings. The quantitative estimate of drug-likeness (QED) is 0.864. The van der Waals surface area contributed by atoms with E-state index in [2.05, 4.69) is 12.2 Å². The SMILES string of the molecule is CC1CCCN(C(=O)C2(C(=O)Nc3ccc4c(c3)OCO4)CC2)C1. The van der Waals surface area contributed by atoms with E-state index in [0.717, 1.165) is 25.9 Å². The van der Waals surface area contributed by atoms with Crippen LogP contribution in [0, 0.1) is 11.3 Å². The van der Waals surface area contributed by atoms with Gasteiger partial charge in [0, 0.05) is 24.8 Å². The van der Waals surface area contributed by atoms with Crippen molar-refractivity contribution in [1.82, 2.24) is 4.90 Å². The molecule has 2 heterocycles. The van der Waals surface area contributed by atoms with Crippen molar-refractivity contribution in [2.75, 3.05) is 25.2 Å². The number of carbonyl (C=O) groups is 2. The van der Waals surface area contributed by atoms with E-state index in [-0.39, 0.29) is 18.6 Å². The Hall–Kier alpha value is -2.24. The normalized spacial score (nSPS) is 23.7. The van der Waals surface area contributed by atoms with Crippen molar-refractivity contribution in [2.45, 2.75) is 32.6 Å². The minimum absolute atomic E-state index is 0.00714. The molecule has 1 atom stereocenters. The van der Waals surface area contributed by atoms with Crippen LogP contribution in [0.4, 0.5) is 5.69 Å². The number of nitrogens with one attached hydrogen (secondary N) is 1. The van der Waals surface area contributed by atoms with E-state index >= 15 is 0 Å². The Bertz CT molecular complexity index is 684. The summed E-state index contributed by atoms with van der Waals surface area (Å²) in [5, 5.41) is 2.88. The largest absolute Gasteiger partial charge is 0.454 e. The van der Waals surface area contributed by atoms with Crippen molar-refractivity contribution >= 4 is 17.5 Å². The fourth-order valence-electron chi connectivity index (χ4n) is 3.56.